The van der Waals surface area contributed by atoms with Gasteiger partial charge in [-0.15, -0.1) is 0 Å². The highest BCUT2D eigenvalue weighted by atomic mass is 35.5. The molecule has 0 saturated carbocycles. The molecule has 1 N–H and O–H groups in total. The molecule has 0 aliphatic carbocycles. The Morgan fingerprint density at radius 1 is 1.30 bits per heavy atom. The van der Waals surface area contributed by atoms with Gasteiger partial charge in [-0.05, 0) is 56.0 Å². The Hall–Kier alpha value is -0.610. The fourth-order valence-electron chi connectivity index (χ4n) is 2.86. The Kier molecular flexibility index (Phi) is 6.30. The molecule has 20 heavy (non-hydrogen) atoms. The van der Waals surface area contributed by atoms with Gasteiger partial charge in [0.1, 0.15) is 0 Å². The smallest absolute Gasteiger partial charge is 0.0819 e. The van der Waals surface area contributed by atoms with Crippen molar-refractivity contribution >= 4 is 11.6 Å². The maximum atomic E-state index is 10.5. The average molecular weight is 298 g/mol. The first-order chi connectivity index (χ1) is 9.70. The van der Waals surface area contributed by atoms with E-state index in [0.29, 0.717) is 10.9 Å². The van der Waals surface area contributed by atoms with Crippen molar-refractivity contribution in [2.75, 3.05) is 33.4 Å². The fraction of sp³-hybridized carbons (Fsp3) is 0.625. The summed E-state index contributed by atoms with van der Waals surface area (Å²) in [5.41, 5.74) is 0.979. The Labute approximate surface area is 126 Å². The number of aliphatic hydroxyl groups is 1. The third-order valence-electron chi connectivity index (χ3n) is 4.11. The molecule has 1 saturated heterocycles. The highest BCUT2D eigenvalue weighted by Gasteiger charge is 2.25. The molecule has 112 valence electrons. The number of benzene rings is 1. The third kappa shape index (κ3) is 4.45. The Morgan fingerprint density at radius 2 is 1.95 bits per heavy atom. The van der Waals surface area contributed by atoms with Gasteiger partial charge in [-0.1, -0.05) is 23.7 Å². The Bertz CT molecular complexity index is 388. The van der Waals surface area contributed by atoms with Crippen LogP contribution in [0.5, 0.6) is 0 Å². The number of rotatable bonds is 6. The van der Waals surface area contributed by atoms with Crippen LogP contribution in [0.4, 0.5) is 0 Å². The molecule has 0 spiro atoms. The molecule has 0 bridgehead atoms. The highest BCUT2D eigenvalue weighted by Crippen LogP contribution is 2.31. The predicted octanol–water partition coefficient (Wildman–Crippen LogP) is 3.12. The van der Waals surface area contributed by atoms with E-state index in [-0.39, 0.29) is 6.10 Å². The lowest BCUT2D eigenvalue weighted by Crippen LogP contribution is -2.36. The molecule has 4 heteroatoms. The number of nitrogens with zero attached hydrogens (tertiary/aromatic N) is 1. The quantitative estimate of drug-likeness (QED) is 0.819. The zero-order valence-corrected chi connectivity index (χ0v) is 12.9. The van der Waals surface area contributed by atoms with E-state index in [0.717, 1.165) is 51.1 Å². The van der Waals surface area contributed by atoms with Crippen LogP contribution in [0.2, 0.25) is 5.02 Å². The van der Waals surface area contributed by atoms with Crippen LogP contribution in [0.25, 0.3) is 0 Å². The van der Waals surface area contributed by atoms with Crippen molar-refractivity contribution in [3.63, 3.8) is 0 Å². The molecule has 1 aliphatic rings. The van der Waals surface area contributed by atoms with Gasteiger partial charge in [-0.2, -0.15) is 0 Å². The summed E-state index contributed by atoms with van der Waals surface area (Å²) in [7, 11) is 1.74. The summed E-state index contributed by atoms with van der Waals surface area (Å²) < 4.78 is 5.08. The van der Waals surface area contributed by atoms with Crippen LogP contribution in [0.3, 0.4) is 0 Å². The van der Waals surface area contributed by atoms with Crippen molar-refractivity contribution in [1.29, 1.82) is 0 Å². The number of ether oxygens (including phenoxy) is 1. The lowest BCUT2D eigenvalue weighted by atomic mass is 9.87. The van der Waals surface area contributed by atoms with Crippen molar-refractivity contribution in [2.45, 2.75) is 25.4 Å². The molecular formula is C16H24ClNO2. The van der Waals surface area contributed by atoms with Gasteiger partial charge in [0.25, 0.3) is 0 Å². The second-order valence-electron chi connectivity index (χ2n) is 5.52. The summed E-state index contributed by atoms with van der Waals surface area (Å²) in [6.07, 6.45) is 2.82. The molecular weight excluding hydrogens is 274 g/mol. The molecule has 0 aromatic heterocycles. The highest BCUT2D eigenvalue weighted by molar-refractivity contribution is 6.30. The van der Waals surface area contributed by atoms with Gasteiger partial charge in [-0.25, -0.2) is 0 Å². The van der Waals surface area contributed by atoms with E-state index >= 15 is 0 Å². The van der Waals surface area contributed by atoms with Crippen molar-refractivity contribution < 1.29 is 9.84 Å². The number of hydrogen-bond acceptors (Lipinski definition) is 3. The lowest BCUT2D eigenvalue weighted by molar-refractivity contribution is 0.0561. The minimum absolute atomic E-state index is 0.356. The van der Waals surface area contributed by atoms with Crippen molar-refractivity contribution in [1.82, 2.24) is 4.90 Å². The number of likely N-dealkylation sites (tertiary alicyclic amines) is 1. The number of methoxy groups -OCH3 is 1. The van der Waals surface area contributed by atoms with E-state index in [1.54, 1.807) is 7.11 Å². The summed E-state index contributed by atoms with van der Waals surface area (Å²) >= 11 is 5.88. The van der Waals surface area contributed by atoms with Crippen molar-refractivity contribution in [3.8, 4) is 0 Å². The topological polar surface area (TPSA) is 32.7 Å². The second-order valence-corrected chi connectivity index (χ2v) is 5.96. The van der Waals surface area contributed by atoms with Crippen LogP contribution < -0.4 is 0 Å². The minimum Gasteiger partial charge on any atom is -0.388 e. The molecule has 1 fully saturated rings. The zero-order chi connectivity index (χ0) is 14.4. The zero-order valence-electron chi connectivity index (χ0n) is 12.1. The predicted molar refractivity (Wildman–Crippen MR) is 82.1 cm³/mol. The molecule has 0 radical (unpaired) electrons. The van der Waals surface area contributed by atoms with E-state index in [9.17, 15) is 5.11 Å². The van der Waals surface area contributed by atoms with Crippen LogP contribution >= 0.6 is 11.6 Å². The number of halogens is 1. The molecule has 0 amide bonds. The van der Waals surface area contributed by atoms with E-state index in [1.807, 2.05) is 24.3 Å². The summed E-state index contributed by atoms with van der Waals surface area (Å²) in [6.45, 7) is 4.06. The summed E-state index contributed by atoms with van der Waals surface area (Å²) in [5.74, 6) is 0.356. The van der Waals surface area contributed by atoms with Gasteiger partial charge in [-0.3, -0.25) is 0 Å². The van der Waals surface area contributed by atoms with Gasteiger partial charge in [0, 0.05) is 25.3 Å². The minimum atomic E-state index is -0.367. The summed E-state index contributed by atoms with van der Waals surface area (Å²) in [6, 6.07) is 7.55. The summed E-state index contributed by atoms with van der Waals surface area (Å²) in [5, 5.41) is 11.2. The van der Waals surface area contributed by atoms with Crippen molar-refractivity contribution in [2.24, 2.45) is 5.92 Å². The van der Waals surface area contributed by atoms with E-state index in [4.69, 9.17) is 16.3 Å². The monoisotopic (exact) mass is 297 g/mol. The first kappa shape index (κ1) is 15.8. The average Bonchev–Trinajstić information content (AvgIpc) is 2.48. The van der Waals surface area contributed by atoms with Gasteiger partial charge in [0.2, 0.25) is 0 Å². The van der Waals surface area contributed by atoms with Gasteiger partial charge >= 0.3 is 0 Å². The third-order valence-corrected chi connectivity index (χ3v) is 4.37. The lowest BCUT2D eigenvalue weighted by Gasteiger charge is -2.34. The SMILES string of the molecule is COCCCN1CCC(C(O)c2ccc(Cl)cc2)CC1. The molecule has 1 heterocycles. The van der Waals surface area contributed by atoms with Crippen LogP contribution in [-0.4, -0.2) is 43.4 Å². The van der Waals surface area contributed by atoms with Gasteiger partial charge in [0.05, 0.1) is 6.10 Å². The number of piperidine rings is 1. The molecule has 1 aliphatic heterocycles. The van der Waals surface area contributed by atoms with Gasteiger partial charge < -0.3 is 14.7 Å². The van der Waals surface area contributed by atoms with E-state index in [2.05, 4.69) is 4.90 Å². The Morgan fingerprint density at radius 3 is 2.55 bits per heavy atom. The maximum absolute atomic E-state index is 10.5. The second kappa shape index (κ2) is 7.99. The van der Waals surface area contributed by atoms with Crippen molar-refractivity contribution in [3.05, 3.63) is 34.9 Å². The van der Waals surface area contributed by atoms with E-state index < -0.39 is 0 Å². The van der Waals surface area contributed by atoms with Gasteiger partial charge in [0.15, 0.2) is 0 Å². The Balaban J connectivity index is 1.79. The first-order valence-electron chi connectivity index (χ1n) is 7.35. The molecule has 3 nitrogen and oxygen atoms in total. The molecule has 1 unspecified atom stereocenters. The number of aliphatic hydroxyl groups excluding tert-OH is 1. The largest absolute Gasteiger partial charge is 0.388 e. The van der Waals surface area contributed by atoms with E-state index in [1.165, 1.54) is 0 Å². The molecule has 1 aromatic rings. The maximum Gasteiger partial charge on any atom is 0.0819 e. The molecule has 1 atom stereocenters. The molecule has 2 rings (SSSR count). The van der Waals surface area contributed by atoms with Crippen LogP contribution in [-0.2, 0) is 4.74 Å². The van der Waals surface area contributed by atoms with Crippen LogP contribution in [0, 0.1) is 5.92 Å². The fourth-order valence-corrected chi connectivity index (χ4v) is 2.98. The molecule has 1 aromatic carbocycles. The normalized spacial score (nSPS) is 19.1. The summed E-state index contributed by atoms with van der Waals surface area (Å²) in [4.78, 5) is 2.46. The number of hydrogen-bond donors (Lipinski definition) is 1. The standard InChI is InChI=1S/C16H24ClNO2/c1-20-12-2-9-18-10-7-14(8-11-18)16(19)13-3-5-15(17)6-4-13/h3-6,14,16,19H,2,7-12H2,1H3. The first-order valence-corrected chi connectivity index (χ1v) is 7.73. The van der Waals surface area contributed by atoms with Crippen LogP contribution in [0.15, 0.2) is 24.3 Å². The van der Waals surface area contributed by atoms with Crippen LogP contribution in [0.1, 0.15) is 30.9 Å².